The fourth-order valence-electron chi connectivity index (χ4n) is 3.05. The van der Waals surface area contributed by atoms with Crippen LogP contribution in [-0.2, 0) is 11.3 Å². The van der Waals surface area contributed by atoms with Crippen molar-refractivity contribution >= 4 is 35.8 Å². The van der Waals surface area contributed by atoms with Gasteiger partial charge in [0.15, 0.2) is 5.96 Å². The zero-order chi connectivity index (χ0) is 18.1. The van der Waals surface area contributed by atoms with Crippen LogP contribution in [0.15, 0.2) is 29.3 Å². The predicted octanol–water partition coefficient (Wildman–Crippen LogP) is 2.49. The van der Waals surface area contributed by atoms with E-state index in [-0.39, 0.29) is 29.9 Å². The molecule has 0 aliphatic carbocycles. The molecule has 0 radical (unpaired) electrons. The van der Waals surface area contributed by atoms with E-state index in [9.17, 15) is 4.79 Å². The molecule has 146 valence electrons. The molecule has 1 fully saturated rings. The van der Waals surface area contributed by atoms with Crippen LogP contribution >= 0.6 is 24.0 Å². The lowest BCUT2D eigenvalue weighted by Crippen LogP contribution is -2.39. The number of guanidine groups is 1. The summed E-state index contributed by atoms with van der Waals surface area (Å²) in [6.07, 6.45) is 3.48. The molecule has 1 saturated heterocycles. The molecule has 1 aromatic carbocycles. The third-order valence-electron chi connectivity index (χ3n) is 4.65. The standard InChI is InChI=1S/C19H30N4O2.HI/c1-20-18(24)17-6-4-5-16(13-17)14-22-19(21-2)23(3)10-7-15-8-11-25-12-9-15;/h4-6,13,15H,7-12,14H2,1-3H3,(H,20,24)(H,21,22);1H. The van der Waals surface area contributed by atoms with Crippen molar-refractivity contribution in [1.82, 2.24) is 15.5 Å². The lowest BCUT2D eigenvalue weighted by atomic mass is 9.96. The van der Waals surface area contributed by atoms with Gasteiger partial charge < -0.3 is 20.3 Å². The lowest BCUT2D eigenvalue weighted by Gasteiger charge is -2.26. The number of hydrogen-bond acceptors (Lipinski definition) is 3. The van der Waals surface area contributed by atoms with Gasteiger partial charge in [-0.05, 0) is 42.9 Å². The topological polar surface area (TPSA) is 66.0 Å². The average Bonchev–Trinajstić information content (AvgIpc) is 2.67. The molecular weight excluding hydrogens is 443 g/mol. The highest BCUT2D eigenvalue weighted by Crippen LogP contribution is 2.18. The molecular formula is C19H31IN4O2. The van der Waals surface area contributed by atoms with Crippen molar-refractivity contribution in [1.29, 1.82) is 0 Å². The summed E-state index contributed by atoms with van der Waals surface area (Å²) >= 11 is 0. The first-order chi connectivity index (χ1) is 12.1. The minimum atomic E-state index is -0.0696. The Morgan fingerprint density at radius 2 is 2.08 bits per heavy atom. The van der Waals surface area contributed by atoms with Gasteiger partial charge in [0.2, 0.25) is 0 Å². The molecule has 0 spiro atoms. The van der Waals surface area contributed by atoms with Crippen molar-refractivity contribution in [2.75, 3.05) is 40.9 Å². The number of halogens is 1. The van der Waals surface area contributed by atoms with Crippen LogP contribution in [0.2, 0.25) is 0 Å². The molecule has 0 atom stereocenters. The summed E-state index contributed by atoms with van der Waals surface area (Å²) in [5, 5.41) is 6.03. The molecule has 0 bridgehead atoms. The number of ether oxygens (including phenoxy) is 1. The Labute approximate surface area is 173 Å². The van der Waals surface area contributed by atoms with E-state index in [0.717, 1.165) is 56.5 Å². The van der Waals surface area contributed by atoms with Crippen LogP contribution in [0.5, 0.6) is 0 Å². The van der Waals surface area contributed by atoms with Crippen LogP contribution < -0.4 is 10.6 Å². The molecule has 2 N–H and O–H groups in total. The van der Waals surface area contributed by atoms with Crippen LogP contribution in [0.4, 0.5) is 0 Å². The number of benzene rings is 1. The summed E-state index contributed by atoms with van der Waals surface area (Å²) in [7, 11) is 5.51. The van der Waals surface area contributed by atoms with Gasteiger partial charge in [0.1, 0.15) is 0 Å². The van der Waals surface area contributed by atoms with E-state index in [1.807, 2.05) is 24.3 Å². The van der Waals surface area contributed by atoms with E-state index in [0.29, 0.717) is 12.1 Å². The van der Waals surface area contributed by atoms with Crippen molar-refractivity contribution in [2.24, 2.45) is 10.9 Å². The van der Waals surface area contributed by atoms with Crippen LogP contribution in [0, 0.1) is 5.92 Å². The Hall–Kier alpha value is -1.35. The molecule has 1 aromatic rings. The Bertz CT molecular complexity index is 589. The molecule has 6 nitrogen and oxygen atoms in total. The maximum Gasteiger partial charge on any atom is 0.251 e. The smallest absolute Gasteiger partial charge is 0.251 e. The highest BCUT2D eigenvalue weighted by Gasteiger charge is 2.15. The van der Waals surface area contributed by atoms with Gasteiger partial charge in [-0.2, -0.15) is 0 Å². The fourth-order valence-corrected chi connectivity index (χ4v) is 3.05. The number of hydrogen-bond donors (Lipinski definition) is 2. The van der Waals surface area contributed by atoms with Crippen molar-refractivity contribution in [3.8, 4) is 0 Å². The summed E-state index contributed by atoms with van der Waals surface area (Å²) < 4.78 is 5.42. The van der Waals surface area contributed by atoms with E-state index in [1.54, 1.807) is 14.1 Å². The normalized spacial score (nSPS) is 15.1. The third-order valence-corrected chi connectivity index (χ3v) is 4.65. The zero-order valence-corrected chi connectivity index (χ0v) is 18.3. The second kappa shape index (κ2) is 12.1. The van der Waals surface area contributed by atoms with Gasteiger partial charge in [-0.15, -0.1) is 24.0 Å². The van der Waals surface area contributed by atoms with E-state index in [1.165, 1.54) is 0 Å². The first-order valence-corrected chi connectivity index (χ1v) is 8.94. The minimum Gasteiger partial charge on any atom is -0.381 e. The van der Waals surface area contributed by atoms with E-state index in [4.69, 9.17) is 4.74 Å². The molecule has 0 aromatic heterocycles. The first kappa shape index (κ1) is 22.7. The molecule has 1 aliphatic rings. The van der Waals surface area contributed by atoms with Gasteiger partial charge in [0.25, 0.3) is 5.91 Å². The van der Waals surface area contributed by atoms with Crippen molar-refractivity contribution in [3.63, 3.8) is 0 Å². The predicted molar refractivity (Wildman–Crippen MR) is 116 cm³/mol. The number of rotatable bonds is 6. The molecule has 0 saturated carbocycles. The Kier molecular flexibility index (Phi) is 10.6. The summed E-state index contributed by atoms with van der Waals surface area (Å²) in [5.41, 5.74) is 1.73. The largest absolute Gasteiger partial charge is 0.381 e. The Morgan fingerprint density at radius 3 is 2.73 bits per heavy atom. The highest BCUT2D eigenvalue weighted by molar-refractivity contribution is 14.0. The van der Waals surface area contributed by atoms with Gasteiger partial charge in [-0.3, -0.25) is 9.79 Å². The molecule has 2 rings (SSSR count). The van der Waals surface area contributed by atoms with Gasteiger partial charge in [0, 0.05) is 53.0 Å². The average molecular weight is 474 g/mol. The summed E-state index contributed by atoms with van der Waals surface area (Å²) in [6, 6.07) is 7.63. The molecule has 1 amide bonds. The number of aliphatic imine (C=N–C) groups is 1. The summed E-state index contributed by atoms with van der Waals surface area (Å²) in [4.78, 5) is 18.3. The molecule has 1 aliphatic heterocycles. The molecule has 0 unspecified atom stereocenters. The number of nitrogens with zero attached hydrogens (tertiary/aromatic N) is 2. The van der Waals surface area contributed by atoms with E-state index >= 15 is 0 Å². The van der Waals surface area contributed by atoms with Gasteiger partial charge >= 0.3 is 0 Å². The maximum atomic E-state index is 11.7. The summed E-state index contributed by atoms with van der Waals surface area (Å²) in [6.45, 7) is 3.40. The van der Waals surface area contributed by atoms with Crippen molar-refractivity contribution < 1.29 is 9.53 Å². The number of carbonyl (C=O) groups is 1. The van der Waals surface area contributed by atoms with E-state index in [2.05, 4.69) is 27.6 Å². The van der Waals surface area contributed by atoms with Gasteiger partial charge in [-0.1, -0.05) is 12.1 Å². The molecule has 26 heavy (non-hydrogen) atoms. The van der Waals surface area contributed by atoms with Crippen molar-refractivity contribution in [3.05, 3.63) is 35.4 Å². The number of carbonyl (C=O) groups excluding carboxylic acids is 1. The highest BCUT2D eigenvalue weighted by atomic mass is 127. The quantitative estimate of drug-likeness (QED) is 0.378. The second-order valence-corrected chi connectivity index (χ2v) is 6.45. The Morgan fingerprint density at radius 1 is 1.35 bits per heavy atom. The third kappa shape index (κ3) is 7.11. The fraction of sp³-hybridized carbons (Fsp3) is 0.579. The monoisotopic (exact) mass is 474 g/mol. The van der Waals surface area contributed by atoms with E-state index < -0.39 is 0 Å². The van der Waals surface area contributed by atoms with Gasteiger partial charge in [-0.25, -0.2) is 0 Å². The zero-order valence-electron chi connectivity index (χ0n) is 16.0. The lowest BCUT2D eigenvalue weighted by molar-refractivity contribution is 0.0625. The number of nitrogens with one attached hydrogen (secondary N) is 2. The Balaban J connectivity index is 0.00000338. The molecule has 1 heterocycles. The van der Waals surface area contributed by atoms with Gasteiger partial charge in [0.05, 0.1) is 0 Å². The van der Waals surface area contributed by atoms with Crippen LogP contribution in [0.3, 0.4) is 0 Å². The second-order valence-electron chi connectivity index (χ2n) is 6.45. The minimum absolute atomic E-state index is 0. The van der Waals surface area contributed by atoms with Crippen molar-refractivity contribution in [2.45, 2.75) is 25.8 Å². The SMILES string of the molecule is CN=C(NCc1cccc(C(=O)NC)c1)N(C)CCC1CCOCC1.I. The van der Waals surface area contributed by atoms with Crippen LogP contribution in [0.1, 0.15) is 35.2 Å². The molecule has 7 heteroatoms. The number of amides is 1. The van der Waals surface area contributed by atoms with Crippen LogP contribution in [-0.4, -0.2) is 57.7 Å². The first-order valence-electron chi connectivity index (χ1n) is 8.94. The van der Waals surface area contributed by atoms with Crippen LogP contribution in [0.25, 0.3) is 0 Å². The maximum absolute atomic E-state index is 11.7. The summed E-state index contributed by atoms with van der Waals surface area (Å²) in [5.74, 6) is 1.55.